The van der Waals surface area contributed by atoms with E-state index >= 15 is 0 Å². The van der Waals surface area contributed by atoms with Crippen molar-refractivity contribution in [3.05, 3.63) is 29.6 Å². The molecule has 7 heteroatoms. The molecule has 1 aliphatic heterocycles. The van der Waals surface area contributed by atoms with Crippen LogP contribution in [0.2, 0.25) is 0 Å². The summed E-state index contributed by atoms with van der Waals surface area (Å²) in [6.07, 6.45) is 0.892. The van der Waals surface area contributed by atoms with Crippen LogP contribution in [0.15, 0.2) is 12.1 Å². The summed E-state index contributed by atoms with van der Waals surface area (Å²) in [5.41, 5.74) is -0.345. The molecule has 0 bridgehead atoms. The van der Waals surface area contributed by atoms with Gasteiger partial charge in [0.2, 0.25) is 5.91 Å². The van der Waals surface area contributed by atoms with Crippen molar-refractivity contribution in [2.24, 2.45) is 0 Å². The fourth-order valence-electron chi connectivity index (χ4n) is 2.21. The Bertz CT molecular complexity index is 520. The average Bonchev–Trinajstić information content (AvgIpc) is 2.38. The highest BCUT2D eigenvalue weighted by Crippen LogP contribution is 2.19. The molecule has 2 rings (SSSR count). The zero-order valence-corrected chi connectivity index (χ0v) is 11.8. The molecular weight excluding hydrogens is 283 g/mol. The predicted molar refractivity (Wildman–Crippen MR) is 73.5 cm³/mol. The van der Waals surface area contributed by atoms with Crippen LogP contribution in [0.5, 0.6) is 0 Å². The van der Waals surface area contributed by atoms with Crippen molar-refractivity contribution >= 4 is 11.6 Å². The topological polar surface area (TPSA) is 44.4 Å². The first kappa shape index (κ1) is 15.8. The first-order valence-corrected chi connectivity index (χ1v) is 6.91. The summed E-state index contributed by atoms with van der Waals surface area (Å²) in [7, 11) is 0. The number of nitrogens with one attached hydrogen (secondary N) is 2. The van der Waals surface area contributed by atoms with E-state index < -0.39 is 23.4 Å². The minimum Gasteiger partial charge on any atom is -0.322 e. The molecule has 1 aliphatic rings. The maximum Gasteiger partial charge on any atom is 0.238 e. The van der Waals surface area contributed by atoms with Gasteiger partial charge in [0.15, 0.2) is 17.5 Å². The van der Waals surface area contributed by atoms with Gasteiger partial charge in [-0.25, -0.2) is 13.2 Å². The standard InChI is InChI=1S/C14H18F3N3O/c1-2-5-20(9-6-18-7-9)8-12(21)19-11-4-3-10(15)13(16)14(11)17/h3-4,9,18H,2,5-8H2,1H3,(H,19,21). The summed E-state index contributed by atoms with van der Waals surface area (Å²) < 4.78 is 39.4. The molecule has 0 atom stereocenters. The predicted octanol–water partition coefficient (Wildman–Crippen LogP) is 1.73. The van der Waals surface area contributed by atoms with Gasteiger partial charge in [0.25, 0.3) is 0 Å². The number of hydrogen-bond donors (Lipinski definition) is 2. The van der Waals surface area contributed by atoms with Crippen molar-refractivity contribution in [1.29, 1.82) is 0 Å². The Hall–Kier alpha value is -1.60. The first-order valence-electron chi connectivity index (χ1n) is 6.91. The van der Waals surface area contributed by atoms with Crippen LogP contribution >= 0.6 is 0 Å². The summed E-state index contributed by atoms with van der Waals surface area (Å²) in [5, 5.41) is 5.41. The fraction of sp³-hybridized carbons (Fsp3) is 0.500. The van der Waals surface area contributed by atoms with E-state index in [4.69, 9.17) is 0 Å². The maximum atomic E-state index is 13.5. The molecule has 1 aromatic carbocycles. The lowest BCUT2D eigenvalue weighted by atomic mass is 10.1. The molecule has 2 N–H and O–H groups in total. The fourth-order valence-corrected chi connectivity index (χ4v) is 2.21. The van der Waals surface area contributed by atoms with Gasteiger partial charge in [0.05, 0.1) is 12.2 Å². The number of carbonyl (C=O) groups is 1. The van der Waals surface area contributed by atoms with Crippen molar-refractivity contribution in [1.82, 2.24) is 10.2 Å². The third-order valence-corrected chi connectivity index (χ3v) is 3.44. The largest absolute Gasteiger partial charge is 0.322 e. The van der Waals surface area contributed by atoms with Crippen molar-refractivity contribution in [2.45, 2.75) is 19.4 Å². The van der Waals surface area contributed by atoms with E-state index in [1.165, 1.54) is 0 Å². The smallest absolute Gasteiger partial charge is 0.238 e. The second-order valence-corrected chi connectivity index (χ2v) is 5.05. The van der Waals surface area contributed by atoms with Crippen LogP contribution < -0.4 is 10.6 Å². The van der Waals surface area contributed by atoms with Crippen LogP contribution in [0.1, 0.15) is 13.3 Å². The third-order valence-electron chi connectivity index (χ3n) is 3.44. The molecule has 0 saturated carbocycles. The summed E-state index contributed by atoms with van der Waals surface area (Å²) in [6.45, 7) is 4.48. The third kappa shape index (κ3) is 3.74. The van der Waals surface area contributed by atoms with Crippen LogP contribution in [-0.2, 0) is 4.79 Å². The van der Waals surface area contributed by atoms with Crippen molar-refractivity contribution in [3.63, 3.8) is 0 Å². The van der Waals surface area contributed by atoms with Crippen LogP contribution in [0.4, 0.5) is 18.9 Å². The van der Waals surface area contributed by atoms with E-state index in [0.29, 0.717) is 0 Å². The molecule has 0 radical (unpaired) electrons. The van der Waals surface area contributed by atoms with Gasteiger partial charge in [0, 0.05) is 19.1 Å². The number of halogens is 3. The molecule has 0 aromatic heterocycles. The van der Waals surface area contributed by atoms with E-state index in [1.54, 1.807) is 0 Å². The van der Waals surface area contributed by atoms with Gasteiger partial charge in [0.1, 0.15) is 0 Å². The Morgan fingerprint density at radius 1 is 1.33 bits per heavy atom. The highest BCUT2D eigenvalue weighted by Gasteiger charge is 2.26. The lowest BCUT2D eigenvalue weighted by Crippen LogP contribution is -2.58. The SMILES string of the molecule is CCCN(CC(=O)Nc1ccc(F)c(F)c1F)C1CNC1. The van der Waals surface area contributed by atoms with Crippen LogP contribution in [-0.4, -0.2) is 43.0 Å². The zero-order valence-electron chi connectivity index (χ0n) is 11.8. The molecule has 1 aromatic rings. The van der Waals surface area contributed by atoms with E-state index in [9.17, 15) is 18.0 Å². The lowest BCUT2D eigenvalue weighted by Gasteiger charge is -2.37. The Morgan fingerprint density at radius 3 is 2.62 bits per heavy atom. The molecule has 1 heterocycles. The van der Waals surface area contributed by atoms with Crippen molar-refractivity contribution in [2.75, 3.05) is 31.5 Å². The van der Waals surface area contributed by atoms with E-state index in [-0.39, 0.29) is 18.3 Å². The van der Waals surface area contributed by atoms with Gasteiger partial charge in [-0.2, -0.15) is 0 Å². The van der Waals surface area contributed by atoms with Crippen LogP contribution in [0.25, 0.3) is 0 Å². The Kier molecular flexibility index (Phi) is 5.19. The van der Waals surface area contributed by atoms with Gasteiger partial charge in [-0.05, 0) is 25.1 Å². The maximum absolute atomic E-state index is 13.5. The monoisotopic (exact) mass is 301 g/mol. The Balaban J connectivity index is 1.98. The minimum absolute atomic E-state index is 0.0959. The number of hydrogen-bond acceptors (Lipinski definition) is 3. The van der Waals surface area contributed by atoms with Crippen molar-refractivity contribution < 1.29 is 18.0 Å². The van der Waals surface area contributed by atoms with E-state index in [1.807, 2.05) is 11.8 Å². The summed E-state index contributed by atoms with van der Waals surface area (Å²) in [4.78, 5) is 13.9. The van der Waals surface area contributed by atoms with Crippen LogP contribution in [0.3, 0.4) is 0 Å². The Morgan fingerprint density at radius 2 is 2.05 bits per heavy atom. The highest BCUT2D eigenvalue weighted by molar-refractivity contribution is 5.92. The van der Waals surface area contributed by atoms with Crippen LogP contribution in [0, 0.1) is 17.5 Å². The average molecular weight is 301 g/mol. The van der Waals surface area contributed by atoms with E-state index in [0.717, 1.165) is 38.2 Å². The molecule has 0 unspecified atom stereocenters. The molecule has 116 valence electrons. The molecule has 1 saturated heterocycles. The molecule has 1 fully saturated rings. The van der Waals surface area contributed by atoms with Crippen molar-refractivity contribution in [3.8, 4) is 0 Å². The normalized spacial score (nSPS) is 15.1. The number of rotatable bonds is 6. The van der Waals surface area contributed by atoms with Gasteiger partial charge in [-0.15, -0.1) is 0 Å². The Labute approximate surface area is 121 Å². The zero-order chi connectivity index (χ0) is 15.4. The summed E-state index contributed by atoms with van der Waals surface area (Å²) in [6, 6.07) is 2.08. The molecular formula is C14H18F3N3O. The first-order chi connectivity index (χ1) is 10.0. The highest BCUT2D eigenvalue weighted by atomic mass is 19.2. The molecule has 4 nitrogen and oxygen atoms in total. The van der Waals surface area contributed by atoms with Gasteiger partial charge in [-0.3, -0.25) is 9.69 Å². The molecule has 0 spiro atoms. The number of benzene rings is 1. The lowest BCUT2D eigenvalue weighted by molar-refractivity contribution is -0.118. The summed E-state index contributed by atoms with van der Waals surface area (Å²) >= 11 is 0. The second-order valence-electron chi connectivity index (χ2n) is 5.05. The number of carbonyl (C=O) groups excluding carboxylic acids is 1. The number of anilines is 1. The summed E-state index contributed by atoms with van der Waals surface area (Å²) in [5.74, 6) is -4.68. The quantitative estimate of drug-likeness (QED) is 0.787. The van der Waals surface area contributed by atoms with E-state index in [2.05, 4.69) is 10.6 Å². The number of nitrogens with zero attached hydrogens (tertiary/aromatic N) is 1. The van der Waals surface area contributed by atoms with Gasteiger partial charge in [-0.1, -0.05) is 6.92 Å². The van der Waals surface area contributed by atoms with Gasteiger partial charge < -0.3 is 10.6 Å². The molecule has 0 aliphatic carbocycles. The molecule has 21 heavy (non-hydrogen) atoms. The molecule has 1 amide bonds. The van der Waals surface area contributed by atoms with Gasteiger partial charge >= 0.3 is 0 Å². The number of amides is 1. The minimum atomic E-state index is -1.58. The second kappa shape index (κ2) is 6.91.